The molecule has 3 aromatic rings. The Bertz CT molecular complexity index is 755. The molecule has 0 aliphatic heterocycles. The lowest BCUT2D eigenvalue weighted by atomic mass is 9.66. The molecule has 0 saturated carbocycles. The predicted octanol–water partition coefficient (Wildman–Crippen LogP) is 5.23. The van der Waals surface area contributed by atoms with Crippen LogP contribution in [0, 0.1) is 0 Å². The Kier molecular flexibility index (Phi) is 4.57. The Morgan fingerprint density at radius 3 is 1.75 bits per heavy atom. The molecular weight excluding hydrogens is 296 g/mol. The summed E-state index contributed by atoms with van der Waals surface area (Å²) in [6.07, 6.45) is 1.77. The molecule has 122 valence electrons. The molecule has 24 heavy (non-hydrogen) atoms. The van der Waals surface area contributed by atoms with Crippen LogP contribution in [0.4, 0.5) is 0 Å². The monoisotopic (exact) mass is 318 g/mol. The molecule has 0 fully saturated rings. The second kappa shape index (κ2) is 6.79. The van der Waals surface area contributed by atoms with Gasteiger partial charge < -0.3 is 10.2 Å². The summed E-state index contributed by atoms with van der Waals surface area (Å²) < 4.78 is 0. The van der Waals surface area contributed by atoms with Gasteiger partial charge in [0.25, 0.3) is 0 Å². The third-order valence-electron chi connectivity index (χ3n) is 4.63. The predicted molar refractivity (Wildman–Crippen MR) is 97.4 cm³/mol. The van der Waals surface area contributed by atoms with Crippen molar-refractivity contribution < 1.29 is 10.2 Å². The third-order valence-corrected chi connectivity index (χ3v) is 4.63. The summed E-state index contributed by atoms with van der Waals surface area (Å²) in [5.41, 5.74) is 2.46. The van der Waals surface area contributed by atoms with E-state index in [1.165, 1.54) is 6.07 Å². The fourth-order valence-corrected chi connectivity index (χ4v) is 3.60. The molecule has 0 radical (unpaired) electrons. The molecule has 2 N–H and O–H groups in total. The van der Waals surface area contributed by atoms with Crippen molar-refractivity contribution in [1.82, 2.24) is 0 Å². The summed E-state index contributed by atoms with van der Waals surface area (Å²) in [5.74, 6) is -0.126. The zero-order valence-electron chi connectivity index (χ0n) is 13.8. The normalized spacial score (nSPS) is 11.4. The van der Waals surface area contributed by atoms with Gasteiger partial charge in [0.1, 0.15) is 0 Å². The Morgan fingerprint density at radius 1 is 0.708 bits per heavy atom. The van der Waals surface area contributed by atoms with E-state index in [1.54, 1.807) is 6.07 Å². The Balaban J connectivity index is 2.37. The Labute approximate surface area is 143 Å². The smallest absolute Gasteiger partial charge is 0.161 e. The summed E-state index contributed by atoms with van der Waals surface area (Å²) in [4.78, 5) is 0. The molecule has 0 spiro atoms. The number of rotatable bonds is 5. The minimum atomic E-state index is -0.500. The maximum atomic E-state index is 10.6. The van der Waals surface area contributed by atoms with Crippen LogP contribution in [0.3, 0.4) is 0 Å². The number of hydrogen-bond donors (Lipinski definition) is 2. The largest absolute Gasteiger partial charge is 0.504 e. The second-order valence-electron chi connectivity index (χ2n) is 6.06. The van der Waals surface area contributed by atoms with Crippen molar-refractivity contribution in [2.24, 2.45) is 0 Å². The fourth-order valence-electron chi connectivity index (χ4n) is 3.60. The molecule has 2 nitrogen and oxygen atoms in total. The summed E-state index contributed by atoms with van der Waals surface area (Å²) in [7, 11) is 0. The van der Waals surface area contributed by atoms with E-state index in [2.05, 4.69) is 31.2 Å². The van der Waals surface area contributed by atoms with Crippen LogP contribution in [0.2, 0.25) is 0 Å². The van der Waals surface area contributed by atoms with Gasteiger partial charge in [0, 0.05) is 11.0 Å². The highest BCUT2D eigenvalue weighted by atomic mass is 16.3. The van der Waals surface area contributed by atoms with E-state index >= 15 is 0 Å². The first-order valence-corrected chi connectivity index (χ1v) is 8.32. The van der Waals surface area contributed by atoms with Gasteiger partial charge in [-0.25, -0.2) is 0 Å². The van der Waals surface area contributed by atoms with Crippen LogP contribution in [-0.4, -0.2) is 10.2 Å². The SMILES string of the molecule is CCCC(c1ccccc1)(c1ccccc1)c1cccc(O)c1O. The molecule has 0 atom stereocenters. The Morgan fingerprint density at radius 2 is 1.25 bits per heavy atom. The molecule has 0 saturated heterocycles. The van der Waals surface area contributed by atoms with Crippen LogP contribution in [-0.2, 0) is 5.41 Å². The van der Waals surface area contributed by atoms with E-state index in [1.807, 2.05) is 42.5 Å². The number of hydrogen-bond acceptors (Lipinski definition) is 2. The van der Waals surface area contributed by atoms with Crippen molar-refractivity contribution in [3.8, 4) is 11.5 Å². The number of benzene rings is 3. The minimum Gasteiger partial charge on any atom is -0.504 e. The molecule has 3 rings (SSSR count). The molecule has 0 amide bonds. The van der Waals surface area contributed by atoms with Crippen molar-refractivity contribution >= 4 is 0 Å². The van der Waals surface area contributed by atoms with Gasteiger partial charge in [-0.05, 0) is 23.6 Å². The van der Waals surface area contributed by atoms with Crippen LogP contribution < -0.4 is 0 Å². The first-order chi connectivity index (χ1) is 11.7. The lowest BCUT2D eigenvalue weighted by Crippen LogP contribution is -2.29. The van der Waals surface area contributed by atoms with Gasteiger partial charge >= 0.3 is 0 Å². The van der Waals surface area contributed by atoms with Gasteiger partial charge in [0.05, 0.1) is 0 Å². The fraction of sp³-hybridized carbons (Fsp3) is 0.182. The van der Waals surface area contributed by atoms with E-state index in [0.717, 1.165) is 29.5 Å². The number of para-hydroxylation sites is 1. The van der Waals surface area contributed by atoms with Crippen LogP contribution in [0.1, 0.15) is 36.5 Å². The van der Waals surface area contributed by atoms with Gasteiger partial charge in [-0.2, -0.15) is 0 Å². The lowest BCUT2D eigenvalue weighted by Gasteiger charge is -2.36. The molecule has 0 heterocycles. The maximum absolute atomic E-state index is 10.6. The zero-order valence-corrected chi connectivity index (χ0v) is 13.8. The van der Waals surface area contributed by atoms with Gasteiger partial charge in [0.15, 0.2) is 11.5 Å². The number of aromatic hydroxyl groups is 2. The van der Waals surface area contributed by atoms with Crippen LogP contribution in [0.5, 0.6) is 11.5 Å². The van der Waals surface area contributed by atoms with Crippen LogP contribution >= 0.6 is 0 Å². The quantitative estimate of drug-likeness (QED) is 0.499. The van der Waals surface area contributed by atoms with Crippen molar-refractivity contribution in [3.05, 3.63) is 95.6 Å². The highest BCUT2D eigenvalue weighted by Gasteiger charge is 2.38. The van der Waals surface area contributed by atoms with Crippen LogP contribution in [0.15, 0.2) is 78.9 Å². The van der Waals surface area contributed by atoms with Crippen molar-refractivity contribution in [3.63, 3.8) is 0 Å². The highest BCUT2D eigenvalue weighted by Crippen LogP contribution is 2.48. The minimum absolute atomic E-state index is 0.0429. The highest BCUT2D eigenvalue weighted by molar-refractivity contribution is 5.58. The van der Waals surface area contributed by atoms with E-state index in [9.17, 15) is 10.2 Å². The summed E-state index contributed by atoms with van der Waals surface area (Å²) >= 11 is 0. The van der Waals surface area contributed by atoms with Crippen LogP contribution in [0.25, 0.3) is 0 Å². The lowest BCUT2D eigenvalue weighted by molar-refractivity contribution is 0.389. The first-order valence-electron chi connectivity index (χ1n) is 8.32. The molecule has 0 aromatic heterocycles. The summed E-state index contributed by atoms with van der Waals surface area (Å²) in [6, 6.07) is 25.6. The van der Waals surface area contributed by atoms with E-state index in [0.29, 0.717) is 0 Å². The third kappa shape index (κ3) is 2.65. The summed E-state index contributed by atoms with van der Waals surface area (Å²) in [5, 5.41) is 20.7. The van der Waals surface area contributed by atoms with Gasteiger partial charge in [-0.1, -0.05) is 86.1 Å². The number of phenols is 2. The Hall–Kier alpha value is -2.74. The average molecular weight is 318 g/mol. The molecule has 0 aliphatic rings. The maximum Gasteiger partial charge on any atom is 0.161 e. The molecule has 0 bridgehead atoms. The molecular formula is C22H22O2. The summed E-state index contributed by atoms with van der Waals surface area (Å²) in [6.45, 7) is 2.14. The molecule has 2 heteroatoms. The first kappa shape index (κ1) is 16.1. The number of phenolic OH excluding ortho intramolecular Hbond substituents is 2. The average Bonchev–Trinajstić information content (AvgIpc) is 2.64. The van der Waals surface area contributed by atoms with Crippen molar-refractivity contribution in [2.45, 2.75) is 25.2 Å². The molecule has 3 aromatic carbocycles. The standard InChI is InChI=1S/C22H22O2/c1-2-16-22(17-10-5-3-6-11-17,18-12-7-4-8-13-18)19-14-9-15-20(23)21(19)24/h3-15,23-24H,2,16H2,1H3. The van der Waals surface area contributed by atoms with Crippen molar-refractivity contribution in [1.29, 1.82) is 0 Å². The van der Waals surface area contributed by atoms with Crippen molar-refractivity contribution in [2.75, 3.05) is 0 Å². The van der Waals surface area contributed by atoms with Gasteiger partial charge in [0.2, 0.25) is 0 Å². The van der Waals surface area contributed by atoms with Gasteiger partial charge in [-0.3, -0.25) is 0 Å². The zero-order chi connectivity index (χ0) is 17.0. The van der Waals surface area contributed by atoms with E-state index in [4.69, 9.17) is 0 Å². The second-order valence-corrected chi connectivity index (χ2v) is 6.06. The molecule has 0 aliphatic carbocycles. The van der Waals surface area contributed by atoms with E-state index in [-0.39, 0.29) is 11.5 Å². The topological polar surface area (TPSA) is 40.5 Å². The van der Waals surface area contributed by atoms with E-state index < -0.39 is 5.41 Å². The molecule has 0 unspecified atom stereocenters. The van der Waals surface area contributed by atoms with Gasteiger partial charge in [-0.15, -0.1) is 0 Å².